The van der Waals surface area contributed by atoms with E-state index in [2.05, 4.69) is 27.0 Å². The van der Waals surface area contributed by atoms with Crippen LogP contribution in [0.2, 0.25) is 0 Å². The number of aromatic nitrogens is 1. The fourth-order valence-electron chi connectivity index (χ4n) is 5.73. The van der Waals surface area contributed by atoms with Crippen molar-refractivity contribution >= 4 is 29.1 Å². The Labute approximate surface area is 333 Å². The molecule has 2 aromatic carbocycles. The van der Waals surface area contributed by atoms with Crippen LogP contribution in [0.15, 0.2) is 59.7 Å². The van der Waals surface area contributed by atoms with Crippen LogP contribution in [0.4, 0.5) is 13.2 Å². The maximum atomic E-state index is 13.8. The number of hydrogen-bond acceptors (Lipinski definition) is 8. The molecule has 1 aliphatic heterocycles. The van der Waals surface area contributed by atoms with Gasteiger partial charge in [-0.25, -0.2) is 13.2 Å². The van der Waals surface area contributed by atoms with Gasteiger partial charge in [-0.3, -0.25) is 10.2 Å². The third-order valence-corrected chi connectivity index (χ3v) is 9.26. The van der Waals surface area contributed by atoms with Gasteiger partial charge in [0.2, 0.25) is 11.6 Å². The fourth-order valence-corrected chi connectivity index (χ4v) is 6.71. The Morgan fingerprint density at radius 1 is 1.09 bits per heavy atom. The predicted octanol–water partition coefficient (Wildman–Crippen LogP) is 3.54. The van der Waals surface area contributed by atoms with Crippen molar-refractivity contribution < 1.29 is 101 Å². The molecule has 1 aliphatic carbocycles. The summed E-state index contributed by atoms with van der Waals surface area (Å²) in [7, 11) is 0. The second kappa shape index (κ2) is 14.4. The normalized spacial score (nSPS) is 17.5. The number of hydrogen-bond donors (Lipinski definition) is 2. The molecule has 47 heavy (non-hydrogen) atoms. The molecule has 2 aromatic heterocycles. The third kappa shape index (κ3) is 7.51. The van der Waals surface area contributed by atoms with Gasteiger partial charge in [-0.05, 0) is 108 Å². The average Bonchev–Trinajstić information content (AvgIpc) is 3.48. The number of nitrogens with zero attached hydrogens (tertiary/aromatic N) is 2. The molecule has 0 bridgehead atoms. The number of pyridine rings is 1. The summed E-state index contributed by atoms with van der Waals surface area (Å²) in [6.07, 6.45) is 5.09. The zero-order chi connectivity index (χ0) is 32.6. The first-order valence-electron chi connectivity index (χ1n) is 14.7. The maximum absolute atomic E-state index is 13.8. The number of ether oxygens (including phenoxy) is 2. The van der Waals surface area contributed by atoms with Gasteiger partial charge in [0, 0.05) is 13.5 Å². The Kier molecular flexibility index (Phi) is 11.0. The number of hydrazone groups is 1. The van der Waals surface area contributed by atoms with Crippen molar-refractivity contribution in [2.24, 2.45) is 5.10 Å². The van der Waals surface area contributed by atoms with Crippen molar-refractivity contribution in [3.8, 4) is 10.4 Å². The van der Waals surface area contributed by atoms with Gasteiger partial charge in [0.05, 0.1) is 11.5 Å². The Morgan fingerprint density at radius 3 is 2.47 bits per heavy atom. The van der Waals surface area contributed by atoms with Crippen LogP contribution in [0.1, 0.15) is 76.0 Å². The van der Waals surface area contributed by atoms with Crippen molar-refractivity contribution in [2.45, 2.75) is 57.7 Å². The van der Waals surface area contributed by atoms with Gasteiger partial charge in [-0.1, -0.05) is 29.8 Å². The Morgan fingerprint density at radius 2 is 1.83 bits per heavy atom. The van der Waals surface area contributed by atoms with E-state index in [0.29, 0.717) is 44.5 Å². The van der Waals surface area contributed by atoms with Crippen molar-refractivity contribution in [2.75, 3.05) is 6.61 Å². The number of amides is 1. The minimum Gasteiger partial charge on any atom is -0.505 e. The summed E-state index contributed by atoms with van der Waals surface area (Å²) < 4.78 is 52.4. The molecular weight excluding hydrogens is 750 g/mol. The van der Waals surface area contributed by atoms with Crippen LogP contribution in [0.3, 0.4) is 0 Å². The van der Waals surface area contributed by atoms with Crippen molar-refractivity contribution in [3.63, 3.8) is 0 Å². The molecule has 0 spiro atoms. The van der Waals surface area contributed by atoms with E-state index in [1.165, 1.54) is 18.2 Å². The number of carbonyl (C=O) groups is 2. The Balaban J connectivity index is 0.00000433. The monoisotopic (exact) mass is 780 g/mol. The van der Waals surface area contributed by atoms with Crippen LogP contribution < -0.4 is 79.6 Å². The molecule has 0 saturated heterocycles. The number of carbonyl (C=O) groups excluding carboxylic acids is 2. The first-order valence-corrected chi connectivity index (χ1v) is 15.5. The van der Waals surface area contributed by atoms with Crippen molar-refractivity contribution in [1.29, 1.82) is 0 Å². The summed E-state index contributed by atoms with van der Waals surface area (Å²) in [5.74, 6) is -2.99. The minimum atomic E-state index is -1.24. The van der Waals surface area contributed by atoms with Crippen LogP contribution >= 0.6 is 11.3 Å². The summed E-state index contributed by atoms with van der Waals surface area (Å²) in [5, 5.41) is 7.00. The molecule has 1 saturated carbocycles. The summed E-state index contributed by atoms with van der Waals surface area (Å²) >= 11 is 1.13. The maximum Gasteiger partial charge on any atom is 1.00 e. The van der Waals surface area contributed by atoms with E-state index < -0.39 is 29.2 Å². The van der Waals surface area contributed by atoms with Crippen LogP contribution in [-0.2, 0) is 33.6 Å². The van der Waals surface area contributed by atoms with E-state index in [4.69, 9.17) is 9.47 Å². The Hall–Kier alpha value is -2.66. The van der Waals surface area contributed by atoms with Gasteiger partial charge in [-0.2, -0.15) is 0 Å². The summed E-state index contributed by atoms with van der Waals surface area (Å²) in [6, 6.07) is 13.2. The van der Waals surface area contributed by atoms with E-state index in [1.54, 1.807) is 45.0 Å². The zero-order valence-corrected chi connectivity index (χ0v) is 33.4. The minimum absolute atomic E-state index is 0. The summed E-state index contributed by atoms with van der Waals surface area (Å²) in [5.41, 5.74) is 4.54. The van der Waals surface area contributed by atoms with Crippen molar-refractivity contribution in [1.82, 2.24) is 15.7 Å². The number of nitrogens with one attached hydrogen (secondary N) is 2. The van der Waals surface area contributed by atoms with E-state index in [9.17, 15) is 22.8 Å². The van der Waals surface area contributed by atoms with Crippen LogP contribution in [0, 0.1) is 23.6 Å². The Bertz CT molecular complexity index is 1860. The first-order chi connectivity index (χ1) is 22.0. The number of thiophene rings is 1. The molecule has 6 rings (SSSR count). The van der Waals surface area contributed by atoms with Gasteiger partial charge in [0.15, 0.2) is 11.6 Å². The molecule has 4 aromatic rings. The molecule has 2 aliphatic rings. The van der Waals surface area contributed by atoms with Gasteiger partial charge < -0.3 is 24.6 Å². The van der Waals surface area contributed by atoms with Crippen molar-refractivity contribution in [3.05, 3.63) is 111 Å². The van der Waals surface area contributed by atoms with E-state index in [-0.39, 0.29) is 98.8 Å². The molecule has 238 valence electrons. The van der Waals surface area contributed by atoms with E-state index in [1.807, 2.05) is 0 Å². The molecule has 1 amide bonds. The summed E-state index contributed by atoms with van der Waals surface area (Å²) in [6.45, 7) is 5.28. The van der Waals surface area contributed by atoms with Gasteiger partial charge in [0.25, 0.3) is 11.9 Å². The molecule has 8 nitrogen and oxygen atoms in total. The first kappa shape index (κ1) is 35.6. The topological polar surface area (TPSA) is 102 Å². The summed E-state index contributed by atoms with van der Waals surface area (Å²) in [4.78, 5) is 32.0. The molecule has 1 fully saturated rings. The van der Waals surface area contributed by atoms with Crippen LogP contribution in [-0.4, -0.2) is 29.4 Å². The van der Waals surface area contributed by atoms with Gasteiger partial charge >= 0.3 is 68.9 Å². The predicted molar refractivity (Wildman–Crippen MR) is 166 cm³/mol. The van der Waals surface area contributed by atoms with Gasteiger partial charge in [0.1, 0.15) is 5.82 Å². The number of benzene rings is 2. The van der Waals surface area contributed by atoms with Gasteiger partial charge in [-0.15, -0.1) is 16.4 Å². The van der Waals surface area contributed by atoms with Crippen LogP contribution in [0.5, 0.6) is 0 Å². The quantitative estimate of drug-likeness (QED) is 0.189. The molecule has 2 N–H and O–H groups in total. The average molecular weight is 781 g/mol. The molecule has 1 unspecified atom stereocenters. The number of esters is 1. The zero-order valence-electron chi connectivity index (χ0n) is 26.3. The second-order valence-electron chi connectivity index (χ2n) is 11.5. The van der Waals surface area contributed by atoms with Crippen LogP contribution in [0.25, 0.3) is 10.4 Å². The SMILES string of the molecule is CCOC(=O)c1[c-]nc(CC2(c3ccc(F)cc3)CC2)c(C2(C)NN=C(C)O2)c1-c1ccc(C(=O)NCc2ccc(F)c(F)c2)s1.[Cs+]. The van der Waals surface area contributed by atoms with E-state index >= 15 is 0 Å². The fraction of sp³-hybridized carbons (Fsp3) is 0.294. The third-order valence-electron chi connectivity index (χ3n) is 8.16. The van der Waals surface area contributed by atoms with E-state index in [0.717, 1.165) is 41.9 Å². The standard InChI is InChI=1S/C34H30F3N4O4S.Cs/c1-4-44-32(43)23-18-38-26(16-34(13-14-34)21-6-8-22(35)9-7-21)30(33(3)41-40-19(2)45-33)29(23)27-11-12-28(46-27)31(42)39-17-20-5-10-24(36)25(37)15-20;/h5-12,15,41H,4,13-14,16-17H2,1-3H3,(H,39,42);/q-1;+1. The largest absolute Gasteiger partial charge is 1.00 e. The number of rotatable bonds is 10. The molecule has 1 atom stereocenters. The number of halogens is 3. The molecule has 0 radical (unpaired) electrons. The molecule has 3 heterocycles. The molecular formula is C34H30CsF3N4O4S. The molecule has 13 heteroatoms. The smallest absolute Gasteiger partial charge is 0.505 e. The second-order valence-corrected chi connectivity index (χ2v) is 12.5.